The Morgan fingerprint density at radius 1 is 1.22 bits per heavy atom. The van der Waals surface area contributed by atoms with Gasteiger partial charge in [0, 0.05) is 11.6 Å². The minimum Gasteiger partial charge on any atom is -0.508 e. The summed E-state index contributed by atoms with van der Waals surface area (Å²) in [4.78, 5) is 8.03. The molecule has 0 fully saturated rings. The lowest BCUT2D eigenvalue weighted by Gasteiger charge is -2.04. The van der Waals surface area contributed by atoms with E-state index < -0.39 is 0 Å². The predicted molar refractivity (Wildman–Crippen MR) is 63.0 cm³/mol. The molecule has 1 aromatic carbocycles. The van der Waals surface area contributed by atoms with Crippen LogP contribution in [-0.2, 0) is 0 Å². The summed E-state index contributed by atoms with van der Waals surface area (Å²) in [7, 11) is 0. The lowest BCUT2D eigenvalue weighted by atomic mass is 10.1. The smallest absolute Gasteiger partial charge is 0.252 e. The molecule has 0 unspecified atom stereocenters. The van der Waals surface area contributed by atoms with Gasteiger partial charge >= 0.3 is 0 Å². The second kappa shape index (κ2) is 3.82. The molecule has 0 spiro atoms. The first-order valence-electron chi connectivity index (χ1n) is 5.18. The molecule has 2 heterocycles. The van der Waals surface area contributed by atoms with E-state index in [4.69, 9.17) is 5.26 Å². The highest BCUT2D eigenvalue weighted by Gasteiger charge is 2.08. The van der Waals surface area contributed by atoms with Crippen molar-refractivity contribution in [2.75, 3.05) is 0 Å². The minimum absolute atomic E-state index is 0.0777. The Hall–Kier alpha value is -2.94. The van der Waals surface area contributed by atoms with Crippen LogP contribution in [0.4, 0.5) is 0 Å². The van der Waals surface area contributed by atoms with E-state index in [0.717, 1.165) is 10.8 Å². The zero-order chi connectivity index (χ0) is 12.5. The molecule has 6 heteroatoms. The van der Waals surface area contributed by atoms with Crippen LogP contribution in [0.5, 0.6) is 5.75 Å². The third-order valence-electron chi connectivity index (χ3n) is 2.54. The highest BCUT2D eigenvalue weighted by atomic mass is 16.3. The topological polar surface area (TPSA) is 87.6 Å². The van der Waals surface area contributed by atoms with Crippen LogP contribution in [-0.4, -0.2) is 24.9 Å². The average molecular weight is 237 g/mol. The summed E-state index contributed by atoms with van der Waals surface area (Å²) in [5.74, 6) is 0.753. The number of phenolic OH excluding ortho intramolecular Hbond substituents is 1. The Balaban J connectivity index is 2.28. The summed E-state index contributed by atoms with van der Waals surface area (Å²) in [6, 6.07) is 8.69. The van der Waals surface area contributed by atoms with Gasteiger partial charge in [-0.3, -0.25) is 0 Å². The first kappa shape index (κ1) is 10.2. The number of pyridine rings is 1. The van der Waals surface area contributed by atoms with Crippen LogP contribution in [0.2, 0.25) is 0 Å². The summed E-state index contributed by atoms with van der Waals surface area (Å²) in [6.45, 7) is 0. The predicted octanol–water partition coefficient (Wildman–Crippen LogP) is 1.39. The quantitative estimate of drug-likeness (QED) is 0.691. The largest absolute Gasteiger partial charge is 0.508 e. The molecule has 0 atom stereocenters. The first-order chi connectivity index (χ1) is 8.78. The molecule has 0 radical (unpaired) electrons. The van der Waals surface area contributed by atoms with Crippen LogP contribution in [0.25, 0.3) is 16.6 Å². The number of hydrogen-bond donors (Lipinski definition) is 1. The number of rotatable bonds is 1. The standard InChI is InChI=1S/C12H7N5O/c13-6-11-15-7-17(16-11)12-10-5-9(18)2-1-8(10)3-4-14-12/h1-5,7,18H. The monoisotopic (exact) mass is 237 g/mol. The van der Waals surface area contributed by atoms with Crippen molar-refractivity contribution in [1.29, 1.82) is 5.26 Å². The molecule has 2 aromatic heterocycles. The molecule has 0 bridgehead atoms. The zero-order valence-electron chi connectivity index (χ0n) is 9.15. The molecular formula is C12H7N5O. The molecule has 0 aliphatic heterocycles. The average Bonchev–Trinajstić information content (AvgIpc) is 2.86. The highest BCUT2D eigenvalue weighted by molar-refractivity contribution is 5.89. The van der Waals surface area contributed by atoms with Gasteiger partial charge in [-0.25, -0.2) is 14.6 Å². The fraction of sp³-hybridized carbons (Fsp3) is 0. The maximum atomic E-state index is 9.53. The van der Waals surface area contributed by atoms with Crippen molar-refractivity contribution < 1.29 is 5.11 Å². The van der Waals surface area contributed by atoms with E-state index in [2.05, 4.69) is 15.1 Å². The second-order valence-corrected chi connectivity index (χ2v) is 3.66. The number of aromatic nitrogens is 4. The molecule has 6 nitrogen and oxygen atoms in total. The maximum absolute atomic E-state index is 9.53. The summed E-state index contributed by atoms with van der Waals surface area (Å²) in [6.07, 6.45) is 3.06. The van der Waals surface area contributed by atoms with Gasteiger partial charge in [0.05, 0.1) is 0 Å². The molecule has 0 aliphatic rings. The Morgan fingerprint density at radius 2 is 2.11 bits per heavy atom. The summed E-state index contributed by atoms with van der Waals surface area (Å²) < 4.78 is 1.42. The van der Waals surface area contributed by atoms with Crippen LogP contribution >= 0.6 is 0 Å². The molecule has 86 valence electrons. The lowest BCUT2D eigenvalue weighted by molar-refractivity contribution is 0.476. The number of hydrogen-bond acceptors (Lipinski definition) is 5. The van der Waals surface area contributed by atoms with Crippen molar-refractivity contribution in [1.82, 2.24) is 19.7 Å². The van der Waals surface area contributed by atoms with Gasteiger partial charge in [0.2, 0.25) is 0 Å². The minimum atomic E-state index is 0.0777. The van der Waals surface area contributed by atoms with Gasteiger partial charge in [-0.05, 0) is 23.6 Å². The van der Waals surface area contributed by atoms with Crippen molar-refractivity contribution in [3.63, 3.8) is 0 Å². The highest BCUT2D eigenvalue weighted by Crippen LogP contribution is 2.23. The summed E-state index contributed by atoms with van der Waals surface area (Å²) in [5.41, 5.74) is 0. The van der Waals surface area contributed by atoms with E-state index in [1.165, 1.54) is 11.0 Å². The van der Waals surface area contributed by atoms with Crippen molar-refractivity contribution in [3.05, 3.63) is 42.6 Å². The molecule has 1 N–H and O–H groups in total. The maximum Gasteiger partial charge on any atom is 0.252 e. The van der Waals surface area contributed by atoms with Crippen molar-refractivity contribution >= 4 is 10.8 Å². The van der Waals surface area contributed by atoms with E-state index in [0.29, 0.717) is 5.82 Å². The fourth-order valence-electron chi connectivity index (χ4n) is 1.74. The lowest BCUT2D eigenvalue weighted by Crippen LogP contribution is -1.99. The number of benzene rings is 1. The van der Waals surface area contributed by atoms with Gasteiger partial charge in [0.15, 0.2) is 5.82 Å². The van der Waals surface area contributed by atoms with Gasteiger partial charge in [0.25, 0.3) is 5.82 Å². The normalized spacial score (nSPS) is 10.4. The van der Waals surface area contributed by atoms with E-state index in [1.54, 1.807) is 24.4 Å². The molecule has 0 saturated carbocycles. The molecule has 0 aliphatic carbocycles. The van der Waals surface area contributed by atoms with Gasteiger partial charge in [-0.2, -0.15) is 5.26 Å². The van der Waals surface area contributed by atoms with E-state index in [1.807, 2.05) is 12.1 Å². The SMILES string of the molecule is N#Cc1ncn(-c2nccc3ccc(O)cc23)n1. The third-order valence-corrected chi connectivity index (χ3v) is 2.54. The molecule has 18 heavy (non-hydrogen) atoms. The van der Waals surface area contributed by atoms with Gasteiger partial charge in [-0.15, -0.1) is 5.10 Å². The number of nitriles is 1. The fourth-order valence-corrected chi connectivity index (χ4v) is 1.74. The van der Waals surface area contributed by atoms with Gasteiger partial charge in [-0.1, -0.05) is 6.07 Å². The van der Waals surface area contributed by atoms with Crippen LogP contribution in [0.3, 0.4) is 0 Å². The van der Waals surface area contributed by atoms with Gasteiger partial charge in [0.1, 0.15) is 18.1 Å². The van der Waals surface area contributed by atoms with Crippen molar-refractivity contribution in [3.8, 4) is 17.6 Å². The zero-order valence-corrected chi connectivity index (χ0v) is 9.15. The number of aromatic hydroxyl groups is 1. The van der Waals surface area contributed by atoms with E-state index in [9.17, 15) is 5.11 Å². The second-order valence-electron chi connectivity index (χ2n) is 3.66. The molecule has 3 aromatic rings. The Morgan fingerprint density at radius 3 is 2.89 bits per heavy atom. The Kier molecular flexibility index (Phi) is 2.17. The van der Waals surface area contributed by atoms with Crippen molar-refractivity contribution in [2.24, 2.45) is 0 Å². The number of nitrogens with zero attached hydrogens (tertiary/aromatic N) is 5. The van der Waals surface area contributed by atoms with Gasteiger partial charge < -0.3 is 5.11 Å². The molecular weight excluding hydrogens is 230 g/mol. The molecule has 0 amide bonds. The van der Waals surface area contributed by atoms with Crippen molar-refractivity contribution in [2.45, 2.75) is 0 Å². The summed E-state index contributed by atoms with van der Waals surface area (Å²) >= 11 is 0. The number of phenols is 1. The molecule has 3 rings (SSSR count). The van der Waals surface area contributed by atoms with Crippen LogP contribution in [0.15, 0.2) is 36.8 Å². The third kappa shape index (κ3) is 1.55. The number of fused-ring (bicyclic) bond motifs is 1. The van der Waals surface area contributed by atoms with E-state index >= 15 is 0 Å². The summed E-state index contributed by atoms with van der Waals surface area (Å²) in [5, 5.41) is 23.9. The van der Waals surface area contributed by atoms with Crippen LogP contribution in [0.1, 0.15) is 5.82 Å². The first-order valence-corrected chi connectivity index (χ1v) is 5.18. The Labute approximate surface area is 102 Å². The van der Waals surface area contributed by atoms with E-state index in [-0.39, 0.29) is 11.6 Å². The Bertz CT molecular complexity index is 771. The van der Waals surface area contributed by atoms with Crippen LogP contribution < -0.4 is 0 Å². The molecule has 0 saturated heterocycles. The van der Waals surface area contributed by atoms with Crippen LogP contribution in [0, 0.1) is 11.3 Å².